The maximum absolute atomic E-state index is 12.2. The SMILES string of the molecule is CNC(C)(C)c1ccccc1OC(F)(F)F. The zero-order valence-corrected chi connectivity index (χ0v) is 9.35. The molecule has 16 heavy (non-hydrogen) atoms. The molecule has 0 aromatic heterocycles. The van der Waals surface area contributed by atoms with Gasteiger partial charge in [0.1, 0.15) is 5.75 Å². The van der Waals surface area contributed by atoms with Crippen molar-refractivity contribution in [3.05, 3.63) is 29.8 Å². The summed E-state index contributed by atoms with van der Waals surface area (Å²) in [4.78, 5) is 0. The van der Waals surface area contributed by atoms with Crippen molar-refractivity contribution in [3.8, 4) is 5.75 Å². The van der Waals surface area contributed by atoms with Crippen LogP contribution in [0.15, 0.2) is 24.3 Å². The van der Waals surface area contributed by atoms with Crippen molar-refractivity contribution >= 4 is 0 Å². The highest BCUT2D eigenvalue weighted by atomic mass is 19.4. The van der Waals surface area contributed by atoms with Gasteiger partial charge in [-0.1, -0.05) is 18.2 Å². The molecular formula is C11H14F3NO. The van der Waals surface area contributed by atoms with Crippen molar-refractivity contribution in [2.24, 2.45) is 0 Å². The van der Waals surface area contributed by atoms with Crippen LogP contribution >= 0.6 is 0 Å². The van der Waals surface area contributed by atoms with E-state index in [9.17, 15) is 13.2 Å². The van der Waals surface area contributed by atoms with Gasteiger partial charge < -0.3 is 10.1 Å². The molecule has 0 atom stereocenters. The Hall–Kier alpha value is -1.23. The van der Waals surface area contributed by atoms with Crippen molar-refractivity contribution in [2.45, 2.75) is 25.7 Å². The fourth-order valence-electron chi connectivity index (χ4n) is 1.33. The fraction of sp³-hybridized carbons (Fsp3) is 0.455. The van der Waals surface area contributed by atoms with Gasteiger partial charge in [-0.2, -0.15) is 0 Å². The van der Waals surface area contributed by atoms with Crippen LogP contribution in [0.5, 0.6) is 5.75 Å². The molecule has 0 fully saturated rings. The zero-order chi connectivity index (χ0) is 12.4. The van der Waals surface area contributed by atoms with E-state index in [0.717, 1.165) is 0 Å². The van der Waals surface area contributed by atoms with E-state index in [-0.39, 0.29) is 5.75 Å². The van der Waals surface area contributed by atoms with Gasteiger partial charge in [-0.3, -0.25) is 0 Å². The van der Waals surface area contributed by atoms with Gasteiger partial charge in [-0.05, 0) is 27.0 Å². The first-order valence-electron chi connectivity index (χ1n) is 4.80. The monoisotopic (exact) mass is 233 g/mol. The number of alkyl halides is 3. The first kappa shape index (κ1) is 12.8. The summed E-state index contributed by atoms with van der Waals surface area (Å²) in [7, 11) is 1.68. The summed E-state index contributed by atoms with van der Waals surface area (Å²) in [6.45, 7) is 3.57. The van der Waals surface area contributed by atoms with Crippen LogP contribution in [0.2, 0.25) is 0 Å². The molecule has 1 N–H and O–H groups in total. The third kappa shape index (κ3) is 3.13. The van der Waals surface area contributed by atoms with Gasteiger partial charge in [0.15, 0.2) is 0 Å². The van der Waals surface area contributed by atoms with Crippen LogP contribution in [-0.4, -0.2) is 13.4 Å². The highest BCUT2D eigenvalue weighted by Crippen LogP contribution is 2.32. The lowest BCUT2D eigenvalue weighted by Crippen LogP contribution is -2.34. The highest BCUT2D eigenvalue weighted by Gasteiger charge is 2.34. The molecule has 0 saturated carbocycles. The molecule has 0 aliphatic carbocycles. The van der Waals surface area contributed by atoms with Crippen LogP contribution in [0.3, 0.4) is 0 Å². The predicted molar refractivity (Wildman–Crippen MR) is 55.2 cm³/mol. The Morgan fingerprint density at radius 3 is 2.19 bits per heavy atom. The van der Waals surface area contributed by atoms with Gasteiger partial charge in [-0.15, -0.1) is 13.2 Å². The van der Waals surface area contributed by atoms with Crippen LogP contribution < -0.4 is 10.1 Å². The predicted octanol–water partition coefficient (Wildman–Crippen LogP) is 3.04. The van der Waals surface area contributed by atoms with Gasteiger partial charge >= 0.3 is 6.36 Å². The summed E-state index contributed by atoms with van der Waals surface area (Å²) < 4.78 is 40.5. The molecule has 0 spiro atoms. The molecule has 0 bridgehead atoms. The Balaban J connectivity index is 3.11. The molecule has 0 aliphatic rings. The highest BCUT2D eigenvalue weighted by molar-refractivity contribution is 5.38. The van der Waals surface area contributed by atoms with Crippen LogP contribution in [0.4, 0.5) is 13.2 Å². The number of hydrogen-bond acceptors (Lipinski definition) is 2. The molecule has 0 saturated heterocycles. The lowest BCUT2D eigenvalue weighted by molar-refractivity contribution is -0.275. The van der Waals surface area contributed by atoms with Gasteiger partial charge in [0.05, 0.1) is 0 Å². The summed E-state index contributed by atoms with van der Waals surface area (Å²) in [5.74, 6) is -0.172. The van der Waals surface area contributed by atoms with Gasteiger partial charge in [-0.25, -0.2) is 0 Å². The normalized spacial score (nSPS) is 12.6. The number of ether oxygens (including phenoxy) is 1. The fourth-order valence-corrected chi connectivity index (χ4v) is 1.33. The Kier molecular flexibility index (Phi) is 3.48. The number of rotatable bonds is 3. The molecule has 0 aliphatic heterocycles. The molecule has 1 aromatic rings. The molecule has 5 heteroatoms. The molecule has 0 heterocycles. The quantitative estimate of drug-likeness (QED) is 0.866. The number of halogens is 3. The van der Waals surface area contributed by atoms with Crippen molar-refractivity contribution in [3.63, 3.8) is 0 Å². The average molecular weight is 233 g/mol. The van der Waals surface area contributed by atoms with Crippen molar-refractivity contribution in [1.82, 2.24) is 5.32 Å². The first-order valence-corrected chi connectivity index (χ1v) is 4.80. The average Bonchev–Trinajstić information content (AvgIpc) is 2.16. The van der Waals surface area contributed by atoms with E-state index in [0.29, 0.717) is 5.56 Å². The summed E-state index contributed by atoms with van der Waals surface area (Å²) in [6, 6.07) is 6.10. The lowest BCUT2D eigenvalue weighted by atomic mass is 9.94. The number of benzene rings is 1. The van der Waals surface area contributed by atoms with E-state index >= 15 is 0 Å². The molecule has 2 nitrogen and oxygen atoms in total. The van der Waals surface area contributed by atoms with Crippen LogP contribution in [-0.2, 0) is 5.54 Å². The van der Waals surface area contributed by atoms with Gasteiger partial charge in [0.25, 0.3) is 0 Å². The van der Waals surface area contributed by atoms with E-state index in [1.54, 1.807) is 33.0 Å². The van der Waals surface area contributed by atoms with Crippen LogP contribution in [0.25, 0.3) is 0 Å². The number of hydrogen-bond donors (Lipinski definition) is 1. The summed E-state index contributed by atoms with van der Waals surface area (Å²) in [6.07, 6.45) is -4.67. The Labute approximate surface area is 92.4 Å². The third-order valence-electron chi connectivity index (χ3n) is 2.41. The van der Waals surface area contributed by atoms with Crippen LogP contribution in [0.1, 0.15) is 19.4 Å². The summed E-state index contributed by atoms with van der Waals surface area (Å²) in [5, 5.41) is 2.94. The topological polar surface area (TPSA) is 21.3 Å². The maximum Gasteiger partial charge on any atom is 0.573 e. The zero-order valence-electron chi connectivity index (χ0n) is 9.35. The van der Waals surface area contributed by atoms with E-state index in [1.807, 2.05) is 0 Å². The van der Waals surface area contributed by atoms with E-state index in [2.05, 4.69) is 10.1 Å². The minimum absolute atomic E-state index is 0.172. The standard InChI is InChI=1S/C11H14F3NO/c1-10(2,15-3)8-6-4-5-7-9(8)16-11(12,13)14/h4-7,15H,1-3H3. The van der Waals surface area contributed by atoms with Crippen molar-refractivity contribution in [2.75, 3.05) is 7.05 Å². The minimum atomic E-state index is -4.67. The second-order valence-electron chi connectivity index (χ2n) is 3.92. The Morgan fingerprint density at radius 2 is 1.69 bits per heavy atom. The molecule has 0 unspecified atom stereocenters. The van der Waals surface area contributed by atoms with Crippen molar-refractivity contribution in [1.29, 1.82) is 0 Å². The Bertz CT molecular complexity index is 360. The second kappa shape index (κ2) is 4.33. The van der Waals surface area contributed by atoms with E-state index in [4.69, 9.17) is 0 Å². The largest absolute Gasteiger partial charge is 0.573 e. The van der Waals surface area contributed by atoms with Gasteiger partial charge in [0.2, 0.25) is 0 Å². The molecule has 1 rings (SSSR count). The Morgan fingerprint density at radius 1 is 1.12 bits per heavy atom. The minimum Gasteiger partial charge on any atom is -0.405 e. The van der Waals surface area contributed by atoms with E-state index < -0.39 is 11.9 Å². The lowest BCUT2D eigenvalue weighted by Gasteiger charge is -2.27. The molecule has 1 aromatic carbocycles. The molecule has 90 valence electrons. The summed E-state index contributed by atoms with van der Waals surface area (Å²) >= 11 is 0. The smallest absolute Gasteiger partial charge is 0.405 e. The number of nitrogens with one attached hydrogen (secondary N) is 1. The third-order valence-corrected chi connectivity index (χ3v) is 2.41. The first-order chi connectivity index (χ1) is 7.26. The maximum atomic E-state index is 12.2. The molecule has 0 amide bonds. The molecular weight excluding hydrogens is 219 g/mol. The van der Waals surface area contributed by atoms with Crippen molar-refractivity contribution < 1.29 is 17.9 Å². The summed E-state index contributed by atoms with van der Waals surface area (Å²) in [5.41, 5.74) is -0.114. The van der Waals surface area contributed by atoms with E-state index in [1.165, 1.54) is 12.1 Å². The second-order valence-corrected chi connectivity index (χ2v) is 3.92. The number of para-hydroxylation sites is 1. The molecule has 0 radical (unpaired) electrons. The van der Waals surface area contributed by atoms with Gasteiger partial charge in [0, 0.05) is 11.1 Å². The van der Waals surface area contributed by atoms with Crippen LogP contribution in [0, 0.1) is 0 Å².